The first kappa shape index (κ1) is 23.9. The van der Waals surface area contributed by atoms with Crippen molar-refractivity contribution < 1.29 is 27.5 Å². The molecule has 0 aliphatic carbocycles. The van der Waals surface area contributed by atoms with E-state index in [0.717, 1.165) is 30.5 Å². The van der Waals surface area contributed by atoms with Gasteiger partial charge in [-0.05, 0) is 42.7 Å². The van der Waals surface area contributed by atoms with Crippen LogP contribution in [0.3, 0.4) is 0 Å². The minimum Gasteiger partial charge on any atom is -0.486 e. The van der Waals surface area contributed by atoms with Crippen molar-refractivity contribution in [2.75, 3.05) is 41.8 Å². The maximum absolute atomic E-state index is 12.4. The average Bonchev–Trinajstić information content (AvgIpc) is 3.25. The Bertz CT molecular complexity index is 1170. The third kappa shape index (κ3) is 5.80. The van der Waals surface area contributed by atoms with Crippen LogP contribution in [0.2, 0.25) is 0 Å². The highest BCUT2D eigenvalue weighted by atomic mass is 32.2. The summed E-state index contributed by atoms with van der Waals surface area (Å²) in [6, 6.07) is 12.6. The van der Waals surface area contributed by atoms with E-state index in [-0.39, 0.29) is 24.8 Å². The van der Waals surface area contributed by atoms with E-state index in [1.165, 1.54) is 4.31 Å². The van der Waals surface area contributed by atoms with Crippen molar-refractivity contribution in [3.8, 4) is 11.5 Å². The lowest BCUT2D eigenvalue weighted by Gasteiger charge is -2.25. The van der Waals surface area contributed by atoms with Crippen molar-refractivity contribution in [1.29, 1.82) is 0 Å². The molecule has 2 aromatic rings. The number of anilines is 2. The van der Waals surface area contributed by atoms with E-state index in [0.29, 0.717) is 49.8 Å². The maximum Gasteiger partial charge on any atom is 0.232 e. The summed E-state index contributed by atoms with van der Waals surface area (Å²) in [5.74, 6) is 1.04. The number of rotatable bonds is 9. The molecule has 0 atom stereocenters. The van der Waals surface area contributed by atoms with Crippen LogP contribution in [-0.4, -0.2) is 52.8 Å². The molecular weight excluding hydrogens is 458 g/mol. The molecule has 1 fully saturated rings. The second-order valence-corrected chi connectivity index (χ2v) is 10.3. The van der Waals surface area contributed by atoms with Crippen molar-refractivity contribution in [2.45, 2.75) is 32.2 Å². The molecule has 0 unspecified atom stereocenters. The van der Waals surface area contributed by atoms with Crippen molar-refractivity contribution in [2.24, 2.45) is 0 Å². The lowest BCUT2D eigenvalue weighted by Crippen LogP contribution is -2.32. The van der Waals surface area contributed by atoms with E-state index >= 15 is 0 Å². The highest BCUT2D eigenvalue weighted by Gasteiger charge is 2.22. The predicted octanol–water partition coefficient (Wildman–Crippen LogP) is 2.45. The number of hydrogen-bond donors (Lipinski definition) is 1. The molecule has 2 aromatic carbocycles. The zero-order valence-electron chi connectivity index (χ0n) is 19.2. The zero-order chi connectivity index (χ0) is 24.1. The quantitative estimate of drug-likeness (QED) is 0.583. The van der Waals surface area contributed by atoms with Crippen molar-refractivity contribution in [3.05, 3.63) is 48.0 Å². The highest BCUT2D eigenvalue weighted by Crippen LogP contribution is 2.34. The van der Waals surface area contributed by atoms with Gasteiger partial charge in [-0.3, -0.25) is 13.9 Å². The minimum atomic E-state index is -3.54. The number of carbonyl (C=O) groups excluding carboxylic acids is 2. The zero-order valence-corrected chi connectivity index (χ0v) is 20.0. The van der Waals surface area contributed by atoms with Gasteiger partial charge in [0.15, 0.2) is 11.5 Å². The molecule has 182 valence electrons. The number of carbonyl (C=O) groups is 2. The monoisotopic (exact) mass is 487 g/mol. The Morgan fingerprint density at radius 1 is 1.12 bits per heavy atom. The molecule has 2 aliphatic rings. The normalized spacial score (nSPS) is 15.3. The fourth-order valence-electron chi connectivity index (χ4n) is 4.10. The Kier molecular flexibility index (Phi) is 7.26. The molecule has 0 saturated carbocycles. The maximum atomic E-state index is 12.4. The van der Waals surface area contributed by atoms with E-state index in [4.69, 9.17) is 9.47 Å². The first-order valence-corrected chi connectivity index (χ1v) is 13.2. The van der Waals surface area contributed by atoms with Gasteiger partial charge in [0.1, 0.15) is 13.2 Å². The molecule has 0 aromatic heterocycles. The smallest absolute Gasteiger partial charge is 0.232 e. The number of ether oxygens (including phenoxy) is 2. The van der Waals surface area contributed by atoms with E-state index in [1.807, 2.05) is 24.3 Å². The van der Waals surface area contributed by atoms with Gasteiger partial charge in [-0.2, -0.15) is 0 Å². The highest BCUT2D eigenvalue weighted by molar-refractivity contribution is 7.92. The summed E-state index contributed by atoms with van der Waals surface area (Å²) in [6.07, 6.45) is 3.10. The van der Waals surface area contributed by atoms with Gasteiger partial charge >= 0.3 is 0 Å². The topological polar surface area (TPSA) is 105 Å². The molecule has 1 saturated heterocycles. The molecule has 0 spiro atoms. The average molecular weight is 488 g/mol. The summed E-state index contributed by atoms with van der Waals surface area (Å²) in [6.45, 7) is 2.09. The molecule has 1 N–H and O–H groups in total. The minimum absolute atomic E-state index is 0.120. The van der Waals surface area contributed by atoms with Gasteiger partial charge in [0.2, 0.25) is 21.8 Å². The number of nitrogens with one attached hydrogen (secondary N) is 1. The van der Waals surface area contributed by atoms with Crippen LogP contribution in [0.5, 0.6) is 11.5 Å². The molecular formula is C24H29N3O6S. The summed E-state index contributed by atoms with van der Waals surface area (Å²) in [7, 11) is -3.54. The molecule has 2 aliphatic heterocycles. The van der Waals surface area contributed by atoms with Gasteiger partial charge < -0.3 is 19.7 Å². The van der Waals surface area contributed by atoms with Crippen molar-refractivity contribution >= 4 is 33.2 Å². The van der Waals surface area contributed by atoms with Gasteiger partial charge in [0.05, 0.1) is 11.9 Å². The Labute approximate surface area is 199 Å². The summed E-state index contributed by atoms with van der Waals surface area (Å²) < 4.78 is 37.1. The summed E-state index contributed by atoms with van der Waals surface area (Å²) in [4.78, 5) is 26.1. The number of fused-ring (bicyclic) bond motifs is 1. The molecule has 9 nitrogen and oxygen atoms in total. The summed E-state index contributed by atoms with van der Waals surface area (Å²) in [5, 5.41) is 2.87. The SMILES string of the molecule is CS(=O)(=O)N(CCCC(=O)NCc1cccc(N2CCCC2=O)c1)c1ccc2c(c1)OCCO2. The molecule has 2 amide bonds. The largest absolute Gasteiger partial charge is 0.486 e. The second kappa shape index (κ2) is 10.3. The molecule has 0 radical (unpaired) electrons. The molecule has 2 heterocycles. The Morgan fingerprint density at radius 3 is 2.65 bits per heavy atom. The van der Waals surface area contributed by atoms with Crippen LogP contribution < -0.4 is 24.0 Å². The number of hydrogen-bond acceptors (Lipinski definition) is 6. The third-order valence-corrected chi connectivity index (χ3v) is 6.96. The van der Waals surface area contributed by atoms with Crippen LogP contribution in [0.1, 0.15) is 31.2 Å². The summed E-state index contributed by atoms with van der Waals surface area (Å²) >= 11 is 0. The lowest BCUT2D eigenvalue weighted by molar-refractivity contribution is -0.121. The van der Waals surface area contributed by atoms with Crippen LogP contribution >= 0.6 is 0 Å². The van der Waals surface area contributed by atoms with Crippen LogP contribution in [0.25, 0.3) is 0 Å². The van der Waals surface area contributed by atoms with Crippen LogP contribution in [0.15, 0.2) is 42.5 Å². The molecule has 10 heteroatoms. The van der Waals surface area contributed by atoms with Gasteiger partial charge in [0, 0.05) is 44.2 Å². The van der Waals surface area contributed by atoms with Crippen LogP contribution in [0, 0.1) is 0 Å². The Balaban J connectivity index is 1.30. The van der Waals surface area contributed by atoms with Crippen LogP contribution in [0.4, 0.5) is 11.4 Å². The van der Waals surface area contributed by atoms with Gasteiger partial charge in [-0.25, -0.2) is 8.42 Å². The van der Waals surface area contributed by atoms with E-state index < -0.39 is 10.0 Å². The van der Waals surface area contributed by atoms with E-state index in [9.17, 15) is 18.0 Å². The molecule has 34 heavy (non-hydrogen) atoms. The Morgan fingerprint density at radius 2 is 1.91 bits per heavy atom. The number of benzene rings is 2. The number of amides is 2. The fraction of sp³-hybridized carbons (Fsp3) is 0.417. The molecule has 0 bridgehead atoms. The van der Waals surface area contributed by atoms with E-state index in [1.54, 1.807) is 23.1 Å². The second-order valence-electron chi connectivity index (χ2n) is 8.36. The number of nitrogens with zero attached hydrogens (tertiary/aromatic N) is 2. The Hall–Kier alpha value is -3.27. The third-order valence-electron chi connectivity index (χ3n) is 5.76. The summed E-state index contributed by atoms with van der Waals surface area (Å²) in [5.41, 5.74) is 2.22. The fourth-order valence-corrected chi connectivity index (χ4v) is 5.06. The lowest BCUT2D eigenvalue weighted by atomic mass is 10.2. The van der Waals surface area contributed by atoms with Crippen molar-refractivity contribution in [1.82, 2.24) is 5.32 Å². The van der Waals surface area contributed by atoms with Gasteiger partial charge in [-0.15, -0.1) is 0 Å². The van der Waals surface area contributed by atoms with E-state index in [2.05, 4.69) is 5.32 Å². The molecule has 4 rings (SSSR count). The van der Waals surface area contributed by atoms with Crippen molar-refractivity contribution in [3.63, 3.8) is 0 Å². The number of sulfonamides is 1. The van der Waals surface area contributed by atoms with Gasteiger partial charge in [-0.1, -0.05) is 12.1 Å². The predicted molar refractivity (Wildman–Crippen MR) is 129 cm³/mol. The standard InChI is InChI=1S/C24H29N3O6S/c1-34(30,31)27(20-9-10-21-22(16-20)33-14-13-32-21)12-3-7-23(28)25-17-18-5-2-6-19(15-18)26-11-4-8-24(26)29/h2,5-6,9-10,15-16H,3-4,7-8,11-14,17H2,1H3,(H,25,28). The first-order valence-electron chi connectivity index (χ1n) is 11.3. The van der Waals surface area contributed by atoms with Crippen LogP contribution in [-0.2, 0) is 26.2 Å². The van der Waals surface area contributed by atoms with Gasteiger partial charge in [0.25, 0.3) is 0 Å². The first-order chi connectivity index (χ1) is 16.3.